The van der Waals surface area contributed by atoms with Crippen LogP contribution in [-0.2, 0) is 13.1 Å². The van der Waals surface area contributed by atoms with E-state index in [9.17, 15) is 4.79 Å². The average molecular weight is 544 g/mol. The maximum Gasteiger partial charge on any atom is 0.326 e. The van der Waals surface area contributed by atoms with Crippen molar-refractivity contribution in [1.82, 2.24) is 15.1 Å². The van der Waals surface area contributed by atoms with Crippen LogP contribution in [0.5, 0.6) is 0 Å². The maximum atomic E-state index is 13.2. The van der Waals surface area contributed by atoms with E-state index < -0.39 is 0 Å². The third-order valence-corrected chi connectivity index (χ3v) is 7.95. The van der Waals surface area contributed by atoms with Gasteiger partial charge >= 0.3 is 6.03 Å². The summed E-state index contributed by atoms with van der Waals surface area (Å²) < 4.78 is 0. The summed E-state index contributed by atoms with van der Waals surface area (Å²) in [7, 11) is 0. The molecule has 8 heteroatoms. The van der Waals surface area contributed by atoms with Gasteiger partial charge in [-0.05, 0) is 55.3 Å². The number of nitrogens with one attached hydrogen (secondary N) is 1. The van der Waals surface area contributed by atoms with Gasteiger partial charge in [-0.25, -0.2) is 4.79 Å². The number of fused-ring (bicyclic) bond motifs is 1. The van der Waals surface area contributed by atoms with Gasteiger partial charge < -0.3 is 5.32 Å². The Morgan fingerprint density at radius 3 is 2.19 bits per heavy atom. The molecule has 0 aliphatic carbocycles. The van der Waals surface area contributed by atoms with Crippen LogP contribution in [-0.4, -0.2) is 48.1 Å². The Morgan fingerprint density at radius 1 is 0.861 bits per heavy atom. The highest BCUT2D eigenvalue weighted by molar-refractivity contribution is 6.40. The number of hydrogen-bond acceptors (Lipinski definition) is 3. The molecule has 2 aliphatic rings. The minimum atomic E-state index is -0.259. The molecule has 5 rings (SSSR count). The summed E-state index contributed by atoms with van der Waals surface area (Å²) in [5.74, 6) is 0. The van der Waals surface area contributed by atoms with Gasteiger partial charge in [-0.15, -0.1) is 0 Å². The van der Waals surface area contributed by atoms with Crippen LogP contribution in [0.25, 0.3) is 11.1 Å². The van der Waals surface area contributed by atoms with Crippen molar-refractivity contribution < 1.29 is 4.79 Å². The molecule has 2 aliphatic heterocycles. The standard InChI is InChI=1S/C28H29Cl3N4O/c1-18(2)34-12-10-33(11-13-34)17-19-14-21(20-6-3-4-7-23(20)29)22-16-32-28(36)35(26(22)15-19)27-24(30)8-5-9-25(27)31/h3-9,14-15,18H,10-13,16-17H2,1-2H3,(H,32,36). The van der Waals surface area contributed by atoms with Crippen LogP contribution in [0.1, 0.15) is 25.0 Å². The number of carbonyl (C=O) groups is 1. The van der Waals surface area contributed by atoms with E-state index in [1.165, 1.54) is 0 Å². The molecule has 0 spiro atoms. The quantitative estimate of drug-likeness (QED) is 0.370. The molecule has 1 N–H and O–H groups in total. The fourth-order valence-electron chi connectivity index (χ4n) is 5.08. The number of halogens is 3. The molecule has 2 heterocycles. The molecule has 0 radical (unpaired) electrons. The third kappa shape index (κ3) is 4.96. The van der Waals surface area contributed by atoms with Crippen LogP contribution in [0, 0.1) is 0 Å². The van der Waals surface area contributed by atoms with Crippen molar-refractivity contribution in [2.24, 2.45) is 0 Å². The minimum Gasteiger partial charge on any atom is -0.333 e. The number of piperazine rings is 1. The van der Waals surface area contributed by atoms with Crippen LogP contribution in [0.2, 0.25) is 15.1 Å². The summed E-state index contributed by atoms with van der Waals surface area (Å²) in [4.78, 5) is 19.8. The van der Waals surface area contributed by atoms with Crippen LogP contribution in [0.15, 0.2) is 54.6 Å². The SMILES string of the molecule is CC(C)N1CCN(Cc2cc(-c3ccccc3Cl)c3c(c2)N(c2c(Cl)cccc2Cl)C(=O)NC3)CC1. The normalized spacial score (nSPS) is 16.8. The van der Waals surface area contributed by atoms with E-state index in [1.807, 2.05) is 24.3 Å². The van der Waals surface area contributed by atoms with Gasteiger partial charge in [0.15, 0.2) is 0 Å². The van der Waals surface area contributed by atoms with Crippen LogP contribution >= 0.6 is 34.8 Å². The molecule has 2 amide bonds. The van der Waals surface area contributed by atoms with E-state index >= 15 is 0 Å². The topological polar surface area (TPSA) is 38.8 Å². The molecule has 5 nitrogen and oxygen atoms in total. The van der Waals surface area contributed by atoms with Gasteiger partial charge in [-0.2, -0.15) is 0 Å². The molecule has 0 aromatic heterocycles. The van der Waals surface area contributed by atoms with E-state index in [0.29, 0.717) is 33.3 Å². The molecule has 1 fully saturated rings. The highest BCUT2D eigenvalue weighted by Gasteiger charge is 2.31. The Hall–Kier alpha value is -2.28. The summed E-state index contributed by atoms with van der Waals surface area (Å²) >= 11 is 19.8. The van der Waals surface area contributed by atoms with Crippen molar-refractivity contribution >= 4 is 52.2 Å². The highest BCUT2D eigenvalue weighted by atomic mass is 35.5. The number of carbonyl (C=O) groups excluding carboxylic acids is 1. The van der Waals surface area contributed by atoms with Gasteiger partial charge in [0.2, 0.25) is 0 Å². The van der Waals surface area contributed by atoms with Crippen LogP contribution in [0.3, 0.4) is 0 Å². The smallest absolute Gasteiger partial charge is 0.326 e. The predicted molar refractivity (Wildman–Crippen MR) is 150 cm³/mol. The Labute approximate surface area is 227 Å². The zero-order valence-corrected chi connectivity index (χ0v) is 22.7. The lowest BCUT2D eigenvalue weighted by atomic mass is 9.93. The Morgan fingerprint density at radius 2 is 1.53 bits per heavy atom. The van der Waals surface area contributed by atoms with Crippen molar-refractivity contribution in [2.75, 3.05) is 31.1 Å². The lowest BCUT2D eigenvalue weighted by molar-refractivity contribution is 0.104. The summed E-state index contributed by atoms with van der Waals surface area (Å²) in [6, 6.07) is 17.7. The molecule has 3 aromatic carbocycles. The van der Waals surface area contributed by atoms with E-state index in [4.69, 9.17) is 34.8 Å². The van der Waals surface area contributed by atoms with E-state index in [0.717, 1.165) is 60.7 Å². The van der Waals surface area contributed by atoms with E-state index in [1.54, 1.807) is 23.1 Å². The second-order valence-electron chi connectivity index (χ2n) is 9.59. The molecule has 0 atom stereocenters. The fourth-order valence-corrected chi connectivity index (χ4v) is 5.89. The van der Waals surface area contributed by atoms with Crippen molar-refractivity contribution in [3.8, 4) is 11.1 Å². The van der Waals surface area contributed by atoms with E-state index in [-0.39, 0.29) is 6.03 Å². The fraction of sp³-hybridized carbons (Fsp3) is 0.321. The third-order valence-electron chi connectivity index (χ3n) is 7.02. The van der Waals surface area contributed by atoms with Crippen molar-refractivity contribution in [1.29, 1.82) is 0 Å². The second-order valence-corrected chi connectivity index (χ2v) is 10.8. The minimum absolute atomic E-state index is 0.259. The number of rotatable bonds is 5. The Bertz CT molecular complexity index is 1270. The summed E-state index contributed by atoms with van der Waals surface area (Å²) in [6.07, 6.45) is 0. The first kappa shape index (κ1) is 25.4. The molecule has 0 bridgehead atoms. The molecular formula is C28H29Cl3N4O. The zero-order valence-electron chi connectivity index (χ0n) is 20.4. The molecular weight excluding hydrogens is 515 g/mol. The zero-order chi connectivity index (χ0) is 25.4. The van der Waals surface area contributed by atoms with Gasteiger partial charge in [-0.1, -0.05) is 59.1 Å². The maximum absolute atomic E-state index is 13.2. The Balaban J connectivity index is 1.61. The summed E-state index contributed by atoms with van der Waals surface area (Å²) in [5, 5.41) is 4.50. The van der Waals surface area contributed by atoms with Gasteiger partial charge in [0.1, 0.15) is 0 Å². The van der Waals surface area contributed by atoms with Gasteiger partial charge in [-0.3, -0.25) is 14.7 Å². The molecule has 0 unspecified atom stereocenters. The number of urea groups is 1. The molecule has 188 valence electrons. The molecule has 1 saturated heterocycles. The number of benzene rings is 3. The number of amides is 2. The molecule has 3 aromatic rings. The summed E-state index contributed by atoms with van der Waals surface area (Å²) in [6.45, 7) is 9.74. The number of anilines is 2. The number of para-hydroxylation sites is 1. The summed E-state index contributed by atoms with van der Waals surface area (Å²) in [5.41, 5.74) is 5.29. The van der Waals surface area contributed by atoms with Crippen LogP contribution in [0.4, 0.5) is 16.2 Å². The predicted octanol–water partition coefficient (Wildman–Crippen LogP) is 7.20. The van der Waals surface area contributed by atoms with Crippen molar-refractivity contribution in [3.05, 3.63) is 80.8 Å². The number of nitrogens with zero attached hydrogens (tertiary/aromatic N) is 3. The van der Waals surface area contributed by atoms with Crippen molar-refractivity contribution in [2.45, 2.75) is 33.0 Å². The molecule has 0 saturated carbocycles. The van der Waals surface area contributed by atoms with Gasteiger partial charge in [0.25, 0.3) is 0 Å². The van der Waals surface area contributed by atoms with Gasteiger partial charge in [0.05, 0.1) is 21.4 Å². The monoisotopic (exact) mass is 542 g/mol. The van der Waals surface area contributed by atoms with Crippen molar-refractivity contribution in [3.63, 3.8) is 0 Å². The van der Waals surface area contributed by atoms with Gasteiger partial charge in [0, 0.05) is 61.5 Å². The van der Waals surface area contributed by atoms with E-state index in [2.05, 4.69) is 41.1 Å². The van der Waals surface area contributed by atoms with Crippen LogP contribution < -0.4 is 10.2 Å². The first-order valence-corrected chi connectivity index (χ1v) is 13.4. The lowest BCUT2D eigenvalue weighted by Crippen LogP contribution is -2.48. The second kappa shape index (κ2) is 10.6. The number of hydrogen-bond donors (Lipinski definition) is 1. The Kier molecular flexibility index (Phi) is 7.47. The first-order valence-electron chi connectivity index (χ1n) is 12.2. The average Bonchev–Trinajstić information content (AvgIpc) is 2.85. The molecule has 36 heavy (non-hydrogen) atoms. The largest absolute Gasteiger partial charge is 0.333 e. The highest BCUT2D eigenvalue weighted by Crippen LogP contribution is 2.44. The lowest BCUT2D eigenvalue weighted by Gasteiger charge is -2.37. The first-order chi connectivity index (χ1) is 17.3.